The lowest BCUT2D eigenvalue weighted by atomic mass is 10.3. The summed E-state index contributed by atoms with van der Waals surface area (Å²) in [7, 11) is -10.7. The molecule has 0 heterocycles. The first-order valence-electron chi connectivity index (χ1n) is 31.1. The van der Waals surface area contributed by atoms with E-state index in [-0.39, 0.29) is 0 Å². The van der Waals surface area contributed by atoms with Gasteiger partial charge < -0.3 is 9.47 Å². The minimum Gasteiger partial charge on any atom is -0.418 e. The standard InChI is InChI=1S/C82H74O4P4/c83-81(85-79(89(73-51-25-7-26-52-73,74-53-27-8-28-54-74)75-55-29-9-30-56-75)63-37-65-87(67-39-13-1-14-40-67,68-41-15-2-16-42-68)69-43-17-3-18-44-69)82(84)86-80(90(76-57-31-10-32-58-76,77-59-33-11-34-60-77)78-61-35-12-36-62-78)64-38-66-88(70-45-19-4-20-46-70,71-47-21-5-22-48-71)72-49-23-6-24-50-72/h1-36,39-62,79-80H,37-38,63-66H2/q+4. The van der Waals surface area contributed by atoms with Crippen LogP contribution in [-0.2, 0) is 19.1 Å². The summed E-state index contributed by atoms with van der Waals surface area (Å²) >= 11 is 0. The van der Waals surface area contributed by atoms with Crippen LogP contribution in [0.2, 0.25) is 0 Å². The van der Waals surface area contributed by atoms with Gasteiger partial charge in [-0.25, -0.2) is 9.59 Å². The summed E-state index contributed by atoms with van der Waals surface area (Å²) in [6, 6.07) is 129. The van der Waals surface area contributed by atoms with Gasteiger partial charge in [0.2, 0.25) is 11.7 Å². The van der Waals surface area contributed by atoms with Gasteiger partial charge in [-0.15, -0.1) is 0 Å². The number of rotatable bonds is 24. The van der Waals surface area contributed by atoms with Gasteiger partial charge >= 0.3 is 11.9 Å². The predicted molar refractivity (Wildman–Crippen MR) is 389 cm³/mol. The quantitative estimate of drug-likeness (QED) is 0.0344. The Morgan fingerprint density at radius 3 is 0.522 bits per heavy atom. The van der Waals surface area contributed by atoms with Gasteiger partial charge in [0.05, 0.1) is 12.3 Å². The summed E-state index contributed by atoms with van der Waals surface area (Å²) in [5, 5.41) is 13.9. The number of hydrogen-bond acceptors (Lipinski definition) is 4. The Kier molecular flexibility index (Phi) is 20.0. The zero-order valence-corrected chi connectivity index (χ0v) is 54.0. The van der Waals surface area contributed by atoms with Crippen LogP contribution in [0.25, 0.3) is 0 Å². The van der Waals surface area contributed by atoms with Crippen LogP contribution < -0.4 is 63.7 Å². The zero-order valence-electron chi connectivity index (χ0n) is 50.5. The molecular weight excluding hydrogens is 1170 g/mol. The molecule has 8 heteroatoms. The highest BCUT2D eigenvalue weighted by atomic mass is 31.2. The molecule has 442 valence electrons. The van der Waals surface area contributed by atoms with Crippen molar-refractivity contribution in [3.63, 3.8) is 0 Å². The van der Waals surface area contributed by atoms with Crippen molar-refractivity contribution in [3.8, 4) is 0 Å². The van der Waals surface area contributed by atoms with E-state index >= 15 is 9.59 Å². The largest absolute Gasteiger partial charge is 0.420 e. The molecular formula is C82H74O4P4+4. The minimum atomic E-state index is -3.02. The lowest BCUT2D eigenvalue weighted by Gasteiger charge is -2.35. The number of ether oxygens (including phenoxy) is 2. The lowest BCUT2D eigenvalue weighted by Crippen LogP contribution is -2.44. The fourth-order valence-corrected chi connectivity index (χ4v) is 31.7. The first-order chi connectivity index (χ1) is 44.5. The van der Waals surface area contributed by atoms with Crippen LogP contribution in [-0.4, -0.2) is 36.0 Å². The van der Waals surface area contributed by atoms with Crippen molar-refractivity contribution in [2.24, 2.45) is 0 Å². The molecule has 0 saturated carbocycles. The van der Waals surface area contributed by atoms with Crippen molar-refractivity contribution in [1.29, 1.82) is 0 Å². The van der Waals surface area contributed by atoms with Crippen molar-refractivity contribution in [3.05, 3.63) is 364 Å². The summed E-state index contributed by atoms with van der Waals surface area (Å²) in [5.74, 6) is -3.62. The number of carbonyl (C=O) groups is 2. The molecule has 0 amide bonds. The van der Waals surface area contributed by atoms with E-state index in [1.807, 2.05) is 36.4 Å². The zero-order chi connectivity index (χ0) is 61.3. The second-order valence-corrected chi connectivity index (χ2v) is 36.9. The van der Waals surface area contributed by atoms with Gasteiger partial charge in [0.25, 0.3) is 0 Å². The summed E-state index contributed by atoms with van der Waals surface area (Å²) in [5.41, 5.74) is 0. The Labute approximate surface area is 534 Å². The second-order valence-electron chi connectivity index (χ2n) is 22.5. The summed E-state index contributed by atoms with van der Waals surface area (Å²) in [6.07, 6.45) is 3.78. The maximum absolute atomic E-state index is 16.1. The number of benzene rings is 12. The molecule has 0 fully saturated rings. The van der Waals surface area contributed by atoms with E-state index in [0.717, 1.165) is 44.2 Å². The maximum atomic E-state index is 16.1. The highest BCUT2D eigenvalue weighted by Gasteiger charge is 2.59. The Morgan fingerprint density at radius 1 is 0.222 bits per heavy atom. The smallest absolute Gasteiger partial charge is 0.418 e. The Balaban J connectivity index is 1.00. The third-order valence-electron chi connectivity index (χ3n) is 17.6. The topological polar surface area (TPSA) is 52.6 Å². The predicted octanol–water partition coefficient (Wildman–Crippen LogP) is 14.3. The molecule has 4 nitrogen and oxygen atoms in total. The van der Waals surface area contributed by atoms with Gasteiger partial charge in [-0.05, 0) is 158 Å². The van der Waals surface area contributed by atoms with Gasteiger partial charge in [0.1, 0.15) is 78.2 Å². The summed E-state index contributed by atoms with van der Waals surface area (Å²) < 4.78 is 14.6. The lowest BCUT2D eigenvalue weighted by molar-refractivity contribution is -0.170. The van der Waals surface area contributed by atoms with E-state index in [4.69, 9.17) is 9.47 Å². The molecule has 0 aromatic heterocycles. The normalized spacial score (nSPS) is 12.5. The van der Waals surface area contributed by atoms with E-state index in [1.165, 1.54) is 31.8 Å². The fraction of sp³-hybridized carbons (Fsp3) is 0.0976. The molecule has 90 heavy (non-hydrogen) atoms. The molecule has 0 aliphatic heterocycles. The summed E-state index contributed by atoms with van der Waals surface area (Å²) in [6.45, 7) is 0. The van der Waals surface area contributed by atoms with Crippen molar-refractivity contribution in [2.75, 3.05) is 12.3 Å². The second kappa shape index (κ2) is 29.3. The molecule has 12 aromatic carbocycles. The molecule has 2 unspecified atom stereocenters. The summed E-state index contributed by atoms with van der Waals surface area (Å²) in [4.78, 5) is 32.2. The van der Waals surface area contributed by atoms with Crippen molar-refractivity contribution in [1.82, 2.24) is 0 Å². The number of esters is 2. The molecule has 2 atom stereocenters. The van der Waals surface area contributed by atoms with E-state index in [2.05, 4.69) is 328 Å². The van der Waals surface area contributed by atoms with Gasteiger partial charge in [0, 0.05) is 12.8 Å². The molecule has 0 N–H and O–H groups in total. The van der Waals surface area contributed by atoms with Gasteiger partial charge in [-0.3, -0.25) is 0 Å². The SMILES string of the molecule is O=C(OC(CCC[P+](c1ccccc1)(c1ccccc1)c1ccccc1)[P+](c1ccccc1)(c1ccccc1)c1ccccc1)C(=O)OC(CCC[P+](c1ccccc1)(c1ccccc1)c1ccccc1)[P+](c1ccccc1)(c1ccccc1)c1ccccc1. The van der Waals surface area contributed by atoms with Crippen molar-refractivity contribution in [2.45, 2.75) is 37.4 Å². The molecule has 12 rings (SSSR count). The highest BCUT2D eigenvalue weighted by molar-refractivity contribution is 7.97. The Hall–Kier alpha value is -8.70. The van der Waals surface area contributed by atoms with Crippen LogP contribution in [0.15, 0.2) is 364 Å². The molecule has 0 bridgehead atoms. The average molecular weight is 1250 g/mol. The monoisotopic (exact) mass is 1250 g/mol. The van der Waals surface area contributed by atoms with Gasteiger partial charge in [-0.2, -0.15) is 0 Å². The number of hydrogen-bond donors (Lipinski definition) is 0. The van der Waals surface area contributed by atoms with Crippen LogP contribution in [0.5, 0.6) is 0 Å². The van der Waals surface area contributed by atoms with E-state index < -0.39 is 52.7 Å². The third kappa shape index (κ3) is 12.5. The van der Waals surface area contributed by atoms with Crippen LogP contribution in [0.4, 0.5) is 0 Å². The van der Waals surface area contributed by atoms with Crippen molar-refractivity contribution < 1.29 is 19.1 Å². The van der Waals surface area contributed by atoms with Crippen LogP contribution in [0, 0.1) is 0 Å². The molecule has 0 saturated heterocycles. The van der Waals surface area contributed by atoms with E-state index in [1.54, 1.807) is 0 Å². The molecule has 0 aliphatic rings. The van der Waals surface area contributed by atoms with Gasteiger partial charge in [-0.1, -0.05) is 218 Å². The average Bonchev–Trinajstić information content (AvgIpc) is 0.876. The Morgan fingerprint density at radius 2 is 0.367 bits per heavy atom. The molecule has 0 radical (unpaired) electrons. The van der Waals surface area contributed by atoms with Crippen LogP contribution >= 0.6 is 29.0 Å². The first-order valence-corrected chi connectivity index (χ1v) is 38.8. The molecule has 0 spiro atoms. The first kappa shape index (κ1) is 61.5. The maximum Gasteiger partial charge on any atom is 0.420 e. The van der Waals surface area contributed by atoms with Crippen LogP contribution in [0.1, 0.15) is 25.7 Å². The Bertz CT molecular complexity index is 3480. The third-order valence-corrected chi connectivity index (χ3v) is 35.8. The highest BCUT2D eigenvalue weighted by Crippen LogP contribution is 2.65. The number of carbonyl (C=O) groups excluding carboxylic acids is 2. The van der Waals surface area contributed by atoms with E-state index in [9.17, 15) is 0 Å². The fourth-order valence-electron chi connectivity index (χ4n) is 13.6. The van der Waals surface area contributed by atoms with Gasteiger partial charge in [0.15, 0.2) is 14.5 Å². The molecule has 12 aromatic rings. The minimum absolute atomic E-state index is 0.447. The molecule has 0 aliphatic carbocycles. The van der Waals surface area contributed by atoms with E-state index in [0.29, 0.717) is 25.7 Å². The van der Waals surface area contributed by atoms with Crippen molar-refractivity contribution >= 4 is 105 Å². The van der Waals surface area contributed by atoms with Crippen LogP contribution in [0.3, 0.4) is 0 Å².